The standard InChI is InChI=1S/C23H23FN6O/c1-14(15-2-3-16(11-25)19(24)10-15)29-22(31)18-5-9-30(12-23(18)6-7-23)21-17-4-8-26-20(17)27-13-28-21/h2-4,8,10,13-14,18H,5-7,9,12H2,1H3,(H,29,31)(H,26,27,28)/t14-,18-/m1/s1. The van der Waals surface area contributed by atoms with E-state index < -0.39 is 5.82 Å². The molecule has 1 aliphatic carbocycles. The maximum atomic E-state index is 14.0. The molecule has 3 aromatic rings. The summed E-state index contributed by atoms with van der Waals surface area (Å²) >= 11 is 0. The summed E-state index contributed by atoms with van der Waals surface area (Å²) in [6.45, 7) is 3.39. The van der Waals surface area contributed by atoms with Crippen LogP contribution in [0, 0.1) is 28.5 Å². The lowest BCUT2D eigenvalue weighted by molar-refractivity contribution is -0.128. The summed E-state index contributed by atoms with van der Waals surface area (Å²) in [5.41, 5.74) is 1.44. The minimum Gasteiger partial charge on any atom is -0.355 e. The molecule has 2 fully saturated rings. The number of halogens is 1. The molecule has 0 unspecified atom stereocenters. The highest BCUT2D eigenvalue weighted by molar-refractivity contribution is 5.88. The quantitative estimate of drug-likeness (QED) is 0.676. The van der Waals surface area contributed by atoms with Crippen LogP contribution in [0.1, 0.15) is 43.4 Å². The lowest BCUT2D eigenvalue weighted by Gasteiger charge is -2.39. The number of hydrogen-bond acceptors (Lipinski definition) is 5. The Kier molecular flexibility index (Phi) is 4.62. The van der Waals surface area contributed by atoms with Crippen molar-refractivity contribution in [3.63, 3.8) is 0 Å². The van der Waals surface area contributed by atoms with Gasteiger partial charge in [-0.05, 0) is 55.4 Å². The Morgan fingerprint density at radius 3 is 2.97 bits per heavy atom. The number of aromatic amines is 1. The molecule has 2 atom stereocenters. The summed E-state index contributed by atoms with van der Waals surface area (Å²) in [6.07, 6.45) is 6.22. The fraction of sp³-hybridized carbons (Fsp3) is 0.391. The van der Waals surface area contributed by atoms with Gasteiger partial charge in [-0.25, -0.2) is 14.4 Å². The maximum absolute atomic E-state index is 14.0. The van der Waals surface area contributed by atoms with Crippen LogP contribution in [0.4, 0.5) is 10.2 Å². The van der Waals surface area contributed by atoms with E-state index >= 15 is 0 Å². The number of nitrogens with one attached hydrogen (secondary N) is 2. The number of amides is 1. The van der Waals surface area contributed by atoms with Crippen molar-refractivity contribution in [2.45, 2.75) is 32.2 Å². The molecule has 1 saturated heterocycles. The maximum Gasteiger partial charge on any atom is 0.224 e. The molecule has 1 aromatic carbocycles. The normalized spacial score (nSPS) is 20.4. The van der Waals surface area contributed by atoms with Crippen molar-refractivity contribution >= 4 is 22.8 Å². The SMILES string of the molecule is C[C@@H](NC(=O)[C@H]1CCN(c2ncnc3[nH]ccc23)CC12CC2)c1ccc(C#N)c(F)c1. The molecular formula is C23H23FN6O. The number of H-pyrrole nitrogens is 1. The van der Waals surface area contributed by atoms with Crippen molar-refractivity contribution in [1.82, 2.24) is 20.3 Å². The number of aromatic nitrogens is 3. The van der Waals surface area contributed by atoms with Gasteiger partial charge in [-0.3, -0.25) is 4.79 Å². The van der Waals surface area contributed by atoms with Crippen molar-refractivity contribution in [3.05, 3.63) is 53.7 Å². The predicted octanol–water partition coefficient (Wildman–Crippen LogP) is 3.45. The first-order valence-corrected chi connectivity index (χ1v) is 10.5. The van der Waals surface area contributed by atoms with E-state index in [1.807, 2.05) is 25.3 Å². The molecule has 1 aliphatic heterocycles. The summed E-state index contributed by atoms with van der Waals surface area (Å²) in [5, 5.41) is 13.0. The molecule has 5 rings (SSSR count). The zero-order chi connectivity index (χ0) is 21.6. The molecule has 0 radical (unpaired) electrons. The Morgan fingerprint density at radius 2 is 2.23 bits per heavy atom. The second-order valence-corrected chi connectivity index (χ2v) is 8.64. The van der Waals surface area contributed by atoms with Gasteiger partial charge in [0.1, 0.15) is 29.7 Å². The number of anilines is 1. The van der Waals surface area contributed by atoms with Gasteiger partial charge >= 0.3 is 0 Å². The number of carbonyl (C=O) groups is 1. The summed E-state index contributed by atoms with van der Waals surface area (Å²) in [6, 6.07) is 7.96. The summed E-state index contributed by atoms with van der Waals surface area (Å²) in [7, 11) is 0. The number of nitrogens with zero attached hydrogens (tertiary/aromatic N) is 4. The van der Waals surface area contributed by atoms with Crippen LogP contribution in [0.3, 0.4) is 0 Å². The Morgan fingerprint density at radius 1 is 1.39 bits per heavy atom. The molecule has 2 N–H and O–H groups in total. The summed E-state index contributed by atoms with van der Waals surface area (Å²) in [4.78, 5) is 27.3. The van der Waals surface area contributed by atoms with Crippen LogP contribution in [0.25, 0.3) is 11.0 Å². The lowest BCUT2D eigenvalue weighted by atomic mass is 9.81. The lowest BCUT2D eigenvalue weighted by Crippen LogP contribution is -2.48. The minimum atomic E-state index is -0.561. The third-order valence-corrected chi connectivity index (χ3v) is 6.75. The van der Waals surface area contributed by atoms with E-state index in [1.54, 1.807) is 12.4 Å². The fourth-order valence-electron chi connectivity index (χ4n) is 4.82. The fourth-order valence-corrected chi connectivity index (χ4v) is 4.82. The first-order chi connectivity index (χ1) is 15.0. The molecule has 8 heteroatoms. The number of benzene rings is 1. The Hall–Kier alpha value is -3.47. The number of fused-ring (bicyclic) bond motifs is 1. The van der Waals surface area contributed by atoms with Gasteiger partial charge in [0.25, 0.3) is 0 Å². The van der Waals surface area contributed by atoms with E-state index in [4.69, 9.17) is 5.26 Å². The molecule has 2 aliphatic rings. The molecule has 1 saturated carbocycles. The topological polar surface area (TPSA) is 97.7 Å². The number of carbonyl (C=O) groups excluding carboxylic acids is 1. The van der Waals surface area contributed by atoms with Gasteiger partial charge in [-0.2, -0.15) is 5.26 Å². The third-order valence-electron chi connectivity index (χ3n) is 6.75. The van der Waals surface area contributed by atoms with Crippen LogP contribution in [0.2, 0.25) is 0 Å². The smallest absolute Gasteiger partial charge is 0.224 e. The van der Waals surface area contributed by atoms with E-state index in [1.165, 1.54) is 12.1 Å². The van der Waals surface area contributed by atoms with Crippen LogP contribution < -0.4 is 10.2 Å². The van der Waals surface area contributed by atoms with Crippen LogP contribution in [0.15, 0.2) is 36.8 Å². The third kappa shape index (κ3) is 3.40. The van der Waals surface area contributed by atoms with Gasteiger partial charge < -0.3 is 15.2 Å². The highest BCUT2D eigenvalue weighted by Crippen LogP contribution is 2.56. The van der Waals surface area contributed by atoms with Crippen molar-refractivity contribution in [1.29, 1.82) is 5.26 Å². The van der Waals surface area contributed by atoms with E-state index in [0.717, 1.165) is 49.2 Å². The van der Waals surface area contributed by atoms with Crippen molar-refractivity contribution in [2.75, 3.05) is 18.0 Å². The van der Waals surface area contributed by atoms with Crippen LogP contribution in [0.5, 0.6) is 0 Å². The van der Waals surface area contributed by atoms with Gasteiger partial charge in [0.05, 0.1) is 17.0 Å². The van der Waals surface area contributed by atoms with Crippen LogP contribution in [-0.4, -0.2) is 33.9 Å². The number of rotatable bonds is 4. The Labute approximate surface area is 179 Å². The molecular weight excluding hydrogens is 395 g/mol. The highest BCUT2D eigenvalue weighted by Gasteiger charge is 2.55. The average molecular weight is 418 g/mol. The zero-order valence-corrected chi connectivity index (χ0v) is 17.2. The predicted molar refractivity (Wildman–Crippen MR) is 114 cm³/mol. The second-order valence-electron chi connectivity index (χ2n) is 8.64. The second kappa shape index (κ2) is 7.34. The summed E-state index contributed by atoms with van der Waals surface area (Å²) < 4.78 is 14.0. The molecule has 7 nitrogen and oxygen atoms in total. The van der Waals surface area contributed by atoms with E-state index in [-0.39, 0.29) is 28.8 Å². The Bertz CT molecular complexity index is 1190. The largest absolute Gasteiger partial charge is 0.355 e. The van der Waals surface area contributed by atoms with Gasteiger partial charge in [0, 0.05) is 25.2 Å². The number of piperidine rings is 1. The van der Waals surface area contributed by atoms with Gasteiger partial charge in [0.2, 0.25) is 5.91 Å². The Balaban J connectivity index is 1.30. The van der Waals surface area contributed by atoms with Crippen molar-refractivity contribution in [2.24, 2.45) is 11.3 Å². The molecule has 31 heavy (non-hydrogen) atoms. The molecule has 3 heterocycles. The van der Waals surface area contributed by atoms with Crippen molar-refractivity contribution < 1.29 is 9.18 Å². The molecule has 0 bridgehead atoms. The summed E-state index contributed by atoms with van der Waals surface area (Å²) in [5.74, 6) is 0.300. The highest BCUT2D eigenvalue weighted by atomic mass is 19.1. The van der Waals surface area contributed by atoms with Gasteiger partial charge in [0.15, 0.2) is 0 Å². The zero-order valence-electron chi connectivity index (χ0n) is 17.2. The van der Waals surface area contributed by atoms with Crippen LogP contribution >= 0.6 is 0 Å². The molecule has 1 amide bonds. The van der Waals surface area contributed by atoms with E-state index in [9.17, 15) is 9.18 Å². The van der Waals surface area contributed by atoms with Crippen LogP contribution in [-0.2, 0) is 4.79 Å². The monoisotopic (exact) mass is 418 g/mol. The van der Waals surface area contributed by atoms with E-state index in [2.05, 4.69) is 25.2 Å². The molecule has 1 spiro atoms. The first kappa shape index (κ1) is 19.5. The average Bonchev–Trinajstić information content (AvgIpc) is 3.34. The number of hydrogen-bond donors (Lipinski definition) is 2. The van der Waals surface area contributed by atoms with Gasteiger partial charge in [-0.1, -0.05) is 6.07 Å². The molecule has 2 aromatic heterocycles. The molecule has 158 valence electrons. The first-order valence-electron chi connectivity index (χ1n) is 10.5. The number of nitriles is 1. The van der Waals surface area contributed by atoms with Crippen molar-refractivity contribution in [3.8, 4) is 6.07 Å². The van der Waals surface area contributed by atoms with E-state index in [0.29, 0.717) is 5.56 Å². The van der Waals surface area contributed by atoms with Gasteiger partial charge in [-0.15, -0.1) is 0 Å². The minimum absolute atomic E-state index is 0.00725.